The summed E-state index contributed by atoms with van der Waals surface area (Å²) in [6, 6.07) is 15.7. The predicted molar refractivity (Wildman–Crippen MR) is 120 cm³/mol. The number of aryl methyl sites for hydroxylation is 3. The molecule has 0 aliphatic rings. The van der Waals surface area contributed by atoms with Crippen LogP contribution in [0.1, 0.15) is 49.8 Å². The smallest absolute Gasteiger partial charge is 0.0491 e. The summed E-state index contributed by atoms with van der Waals surface area (Å²) in [5.74, 6) is 0. The molecule has 0 amide bonds. The van der Waals surface area contributed by atoms with Crippen LogP contribution in [0.15, 0.2) is 49.0 Å². The van der Waals surface area contributed by atoms with Gasteiger partial charge in [-0.1, -0.05) is 62.6 Å². The SMILES string of the molecule is C=C(C)c1ccc(CCCCc2ccc3c(c2)c(=C)c(=C)n3CCC)cc1. The van der Waals surface area contributed by atoms with Gasteiger partial charge in [0, 0.05) is 22.8 Å². The highest BCUT2D eigenvalue weighted by atomic mass is 15.0. The molecule has 0 N–H and O–H groups in total. The molecule has 140 valence electrons. The van der Waals surface area contributed by atoms with Crippen LogP contribution in [0.3, 0.4) is 0 Å². The van der Waals surface area contributed by atoms with Crippen LogP contribution >= 0.6 is 0 Å². The highest BCUT2D eigenvalue weighted by molar-refractivity contribution is 5.82. The van der Waals surface area contributed by atoms with Gasteiger partial charge in [-0.3, -0.25) is 0 Å². The van der Waals surface area contributed by atoms with Crippen molar-refractivity contribution >= 4 is 29.6 Å². The van der Waals surface area contributed by atoms with Crippen molar-refractivity contribution in [1.82, 2.24) is 4.57 Å². The van der Waals surface area contributed by atoms with E-state index >= 15 is 0 Å². The Balaban J connectivity index is 1.62. The second-order valence-corrected chi connectivity index (χ2v) is 7.61. The number of allylic oxidation sites excluding steroid dienone is 1. The van der Waals surface area contributed by atoms with E-state index < -0.39 is 0 Å². The molecule has 27 heavy (non-hydrogen) atoms. The standard InChI is InChI=1S/C26H31N/c1-6-17-27-21(5)20(4)25-18-23(13-16-26(25)27)10-8-7-9-22-11-14-24(15-12-22)19(2)3/h11-16,18H,2,4-10,17H2,1,3H3. The largest absolute Gasteiger partial charge is 0.341 e. The van der Waals surface area contributed by atoms with Gasteiger partial charge in [0.15, 0.2) is 0 Å². The van der Waals surface area contributed by atoms with Crippen LogP contribution < -0.4 is 10.6 Å². The van der Waals surface area contributed by atoms with Gasteiger partial charge in [0.2, 0.25) is 0 Å². The molecule has 0 fully saturated rings. The zero-order valence-electron chi connectivity index (χ0n) is 16.9. The molecule has 0 radical (unpaired) electrons. The van der Waals surface area contributed by atoms with E-state index in [2.05, 4.69) is 80.6 Å². The van der Waals surface area contributed by atoms with Crippen LogP contribution in [0.5, 0.6) is 0 Å². The maximum absolute atomic E-state index is 4.26. The summed E-state index contributed by atoms with van der Waals surface area (Å²) < 4.78 is 2.30. The molecule has 1 heteroatoms. The van der Waals surface area contributed by atoms with Gasteiger partial charge in [-0.05, 0) is 73.1 Å². The first-order valence-corrected chi connectivity index (χ1v) is 10.0. The third-order valence-corrected chi connectivity index (χ3v) is 5.43. The van der Waals surface area contributed by atoms with Crippen molar-refractivity contribution in [3.63, 3.8) is 0 Å². The average molecular weight is 358 g/mol. The minimum absolute atomic E-state index is 1.01. The quantitative estimate of drug-likeness (QED) is 0.471. The molecule has 1 aromatic heterocycles. The van der Waals surface area contributed by atoms with Gasteiger partial charge in [-0.25, -0.2) is 0 Å². The zero-order valence-corrected chi connectivity index (χ0v) is 16.9. The Morgan fingerprint density at radius 1 is 0.926 bits per heavy atom. The van der Waals surface area contributed by atoms with Gasteiger partial charge in [-0.2, -0.15) is 0 Å². The van der Waals surface area contributed by atoms with Gasteiger partial charge in [0.05, 0.1) is 0 Å². The molecule has 0 unspecified atom stereocenters. The average Bonchev–Trinajstić information content (AvgIpc) is 2.90. The fraction of sp³-hybridized carbons (Fsp3) is 0.308. The number of nitrogens with zero attached hydrogens (tertiary/aromatic N) is 1. The zero-order chi connectivity index (χ0) is 19.4. The Morgan fingerprint density at radius 2 is 1.56 bits per heavy atom. The van der Waals surface area contributed by atoms with Crippen LogP contribution in [0, 0.1) is 0 Å². The van der Waals surface area contributed by atoms with Crippen LogP contribution in [0.2, 0.25) is 0 Å². The summed E-state index contributed by atoms with van der Waals surface area (Å²) >= 11 is 0. The predicted octanol–water partition coefficient (Wildman–Crippen LogP) is 5.47. The first-order chi connectivity index (χ1) is 13.0. The number of aromatic nitrogens is 1. The Morgan fingerprint density at radius 3 is 2.19 bits per heavy atom. The fourth-order valence-corrected chi connectivity index (χ4v) is 3.77. The molecular formula is C26H31N. The van der Waals surface area contributed by atoms with Crippen LogP contribution in [-0.4, -0.2) is 4.57 Å². The molecule has 0 bridgehead atoms. The van der Waals surface area contributed by atoms with E-state index in [0.29, 0.717) is 0 Å². The first-order valence-electron chi connectivity index (χ1n) is 10.0. The second-order valence-electron chi connectivity index (χ2n) is 7.61. The summed E-state index contributed by atoms with van der Waals surface area (Å²) in [5.41, 5.74) is 6.44. The third-order valence-electron chi connectivity index (χ3n) is 5.43. The molecule has 1 nitrogen and oxygen atoms in total. The van der Waals surface area contributed by atoms with Gasteiger partial charge >= 0.3 is 0 Å². The van der Waals surface area contributed by atoms with E-state index in [1.54, 1.807) is 0 Å². The highest BCUT2D eigenvalue weighted by Crippen LogP contribution is 2.17. The van der Waals surface area contributed by atoms with E-state index in [9.17, 15) is 0 Å². The number of unbranched alkanes of at least 4 members (excludes halogenated alkanes) is 1. The van der Waals surface area contributed by atoms with Gasteiger partial charge in [0.25, 0.3) is 0 Å². The molecule has 0 saturated carbocycles. The minimum Gasteiger partial charge on any atom is -0.341 e. The van der Waals surface area contributed by atoms with Crippen molar-refractivity contribution in [3.8, 4) is 0 Å². The molecular weight excluding hydrogens is 326 g/mol. The van der Waals surface area contributed by atoms with Gasteiger partial charge < -0.3 is 4.57 Å². The number of hydrogen-bond donors (Lipinski definition) is 0. The molecule has 3 rings (SSSR count). The topological polar surface area (TPSA) is 4.93 Å². The fourth-order valence-electron chi connectivity index (χ4n) is 3.77. The maximum atomic E-state index is 4.26. The minimum atomic E-state index is 1.01. The molecule has 1 heterocycles. The summed E-state index contributed by atoms with van der Waals surface area (Å²) in [6.45, 7) is 17.7. The molecule has 3 aromatic rings. The van der Waals surface area contributed by atoms with Crippen LogP contribution in [0.25, 0.3) is 29.6 Å². The Bertz CT molecular complexity index is 1030. The van der Waals surface area contributed by atoms with E-state index in [1.807, 2.05) is 0 Å². The third kappa shape index (κ3) is 4.24. The van der Waals surface area contributed by atoms with Crippen LogP contribution in [0.4, 0.5) is 0 Å². The van der Waals surface area contributed by atoms with Crippen molar-refractivity contribution in [2.24, 2.45) is 0 Å². The van der Waals surface area contributed by atoms with Gasteiger partial charge in [-0.15, -0.1) is 0 Å². The van der Waals surface area contributed by atoms with E-state index in [1.165, 1.54) is 40.4 Å². The number of fused-ring (bicyclic) bond motifs is 1. The molecule has 0 atom stereocenters. The number of rotatable bonds is 8. The maximum Gasteiger partial charge on any atom is 0.0491 e. The van der Waals surface area contributed by atoms with Crippen molar-refractivity contribution < 1.29 is 0 Å². The molecule has 0 aliphatic heterocycles. The molecule has 0 aliphatic carbocycles. The summed E-state index contributed by atoms with van der Waals surface area (Å²) in [6.07, 6.45) is 5.77. The Labute approximate surface area is 163 Å². The summed E-state index contributed by atoms with van der Waals surface area (Å²) in [5, 5.41) is 3.40. The lowest BCUT2D eigenvalue weighted by Crippen LogP contribution is -2.26. The van der Waals surface area contributed by atoms with E-state index in [4.69, 9.17) is 0 Å². The van der Waals surface area contributed by atoms with Crippen molar-refractivity contribution in [2.75, 3.05) is 0 Å². The highest BCUT2D eigenvalue weighted by Gasteiger charge is 2.06. The Hall–Kier alpha value is -2.54. The van der Waals surface area contributed by atoms with Crippen LogP contribution in [-0.2, 0) is 19.4 Å². The number of hydrogen-bond acceptors (Lipinski definition) is 0. The van der Waals surface area contributed by atoms with Crippen molar-refractivity contribution in [1.29, 1.82) is 0 Å². The monoisotopic (exact) mass is 357 g/mol. The lowest BCUT2D eigenvalue weighted by molar-refractivity contribution is 0.686. The first kappa shape index (κ1) is 19.2. The molecule has 0 saturated heterocycles. The second kappa shape index (κ2) is 8.43. The lowest BCUT2D eigenvalue weighted by atomic mass is 10.0. The van der Waals surface area contributed by atoms with E-state index in [-0.39, 0.29) is 0 Å². The number of benzene rings is 2. The van der Waals surface area contributed by atoms with Gasteiger partial charge in [0.1, 0.15) is 0 Å². The normalized spacial score (nSPS) is 11.2. The lowest BCUT2D eigenvalue weighted by Gasteiger charge is -2.06. The summed E-state index contributed by atoms with van der Waals surface area (Å²) in [7, 11) is 0. The van der Waals surface area contributed by atoms with Crippen molar-refractivity contribution in [2.45, 2.75) is 52.5 Å². The van der Waals surface area contributed by atoms with Crippen molar-refractivity contribution in [3.05, 3.63) is 76.3 Å². The molecule has 0 spiro atoms. The van der Waals surface area contributed by atoms with E-state index in [0.717, 1.165) is 41.9 Å². The Kier molecular flexibility index (Phi) is 6.01. The summed E-state index contributed by atoms with van der Waals surface area (Å²) in [4.78, 5) is 0. The molecule has 2 aromatic carbocycles.